The lowest BCUT2D eigenvalue weighted by Crippen LogP contribution is -2.14. The first kappa shape index (κ1) is 21.4. The lowest BCUT2D eigenvalue weighted by atomic mass is 10.1. The van der Waals surface area contributed by atoms with Gasteiger partial charge in [0, 0.05) is 11.3 Å². The summed E-state index contributed by atoms with van der Waals surface area (Å²) in [4.78, 5) is 12.6. The summed E-state index contributed by atoms with van der Waals surface area (Å²) < 4.78 is 5.89. The fourth-order valence-electron chi connectivity index (χ4n) is 2.73. The molecule has 0 saturated carbocycles. The summed E-state index contributed by atoms with van der Waals surface area (Å²) in [5.41, 5.74) is 3.01. The summed E-state index contributed by atoms with van der Waals surface area (Å²) in [6, 6.07) is 21.8. The zero-order valence-electron chi connectivity index (χ0n) is 16.2. The molecular formula is C24H18Cl2N2O2. The summed E-state index contributed by atoms with van der Waals surface area (Å²) in [5, 5.41) is 13.2. The second-order valence-corrected chi connectivity index (χ2v) is 7.33. The van der Waals surface area contributed by atoms with E-state index < -0.39 is 5.91 Å². The highest BCUT2D eigenvalue weighted by Gasteiger charge is 2.12. The van der Waals surface area contributed by atoms with E-state index in [1.165, 1.54) is 6.08 Å². The molecule has 0 bridgehead atoms. The van der Waals surface area contributed by atoms with Gasteiger partial charge in [-0.2, -0.15) is 5.26 Å². The molecule has 3 aromatic carbocycles. The number of amides is 1. The first-order chi connectivity index (χ1) is 14.5. The van der Waals surface area contributed by atoms with Gasteiger partial charge in [-0.05, 0) is 48.4 Å². The van der Waals surface area contributed by atoms with E-state index in [4.69, 9.17) is 27.9 Å². The van der Waals surface area contributed by atoms with Crippen molar-refractivity contribution in [3.8, 4) is 11.8 Å². The van der Waals surface area contributed by atoms with E-state index in [9.17, 15) is 10.1 Å². The highest BCUT2D eigenvalue weighted by atomic mass is 35.5. The highest BCUT2D eigenvalue weighted by molar-refractivity contribution is 6.42. The van der Waals surface area contributed by atoms with Crippen LogP contribution >= 0.6 is 23.2 Å². The SMILES string of the molecule is Cc1ccccc1NC(=O)/C(C#N)=C/c1ccccc1OCc1ccc(Cl)c(Cl)c1. The Morgan fingerprint density at radius 3 is 2.53 bits per heavy atom. The van der Waals surface area contributed by atoms with Gasteiger partial charge in [0.15, 0.2) is 0 Å². The van der Waals surface area contributed by atoms with Gasteiger partial charge in [0.25, 0.3) is 5.91 Å². The third kappa shape index (κ3) is 5.42. The minimum Gasteiger partial charge on any atom is -0.488 e. The number of anilines is 1. The molecule has 3 aromatic rings. The average molecular weight is 437 g/mol. The van der Waals surface area contributed by atoms with Gasteiger partial charge in [0.2, 0.25) is 0 Å². The third-order valence-corrected chi connectivity index (χ3v) is 5.09. The zero-order valence-corrected chi connectivity index (χ0v) is 17.7. The molecule has 0 aliphatic heterocycles. The van der Waals surface area contributed by atoms with Gasteiger partial charge in [-0.15, -0.1) is 0 Å². The molecule has 0 heterocycles. The van der Waals surface area contributed by atoms with Crippen molar-refractivity contribution in [3.05, 3.63) is 99.0 Å². The summed E-state index contributed by atoms with van der Waals surface area (Å²) in [6.07, 6.45) is 1.51. The Labute approximate surface area is 185 Å². The van der Waals surface area contributed by atoms with Crippen LogP contribution in [0.1, 0.15) is 16.7 Å². The molecule has 0 atom stereocenters. The van der Waals surface area contributed by atoms with E-state index in [1.54, 1.807) is 30.3 Å². The van der Waals surface area contributed by atoms with Crippen molar-refractivity contribution in [3.63, 3.8) is 0 Å². The summed E-state index contributed by atoms with van der Waals surface area (Å²) >= 11 is 12.0. The van der Waals surface area contributed by atoms with Gasteiger partial charge in [-0.25, -0.2) is 0 Å². The molecular weight excluding hydrogens is 419 g/mol. The van der Waals surface area contributed by atoms with Crippen LogP contribution in [0.3, 0.4) is 0 Å². The van der Waals surface area contributed by atoms with Crippen LogP contribution in [0, 0.1) is 18.3 Å². The largest absolute Gasteiger partial charge is 0.488 e. The van der Waals surface area contributed by atoms with Gasteiger partial charge >= 0.3 is 0 Å². The molecule has 6 heteroatoms. The van der Waals surface area contributed by atoms with Crippen molar-refractivity contribution in [1.82, 2.24) is 0 Å². The van der Waals surface area contributed by atoms with Gasteiger partial charge < -0.3 is 10.1 Å². The van der Waals surface area contributed by atoms with Crippen LogP contribution in [0.4, 0.5) is 5.69 Å². The van der Waals surface area contributed by atoms with E-state index in [-0.39, 0.29) is 12.2 Å². The van der Waals surface area contributed by atoms with Crippen LogP contribution < -0.4 is 10.1 Å². The lowest BCUT2D eigenvalue weighted by Gasteiger charge is -2.11. The number of rotatable bonds is 6. The van der Waals surface area contributed by atoms with E-state index in [0.717, 1.165) is 11.1 Å². The topological polar surface area (TPSA) is 62.1 Å². The minimum absolute atomic E-state index is 0.0242. The number of benzene rings is 3. The normalized spacial score (nSPS) is 10.9. The molecule has 1 amide bonds. The molecule has 0 spiro atoms. The number of nitrogens with zero attached hydrogens (tertiary/aromatic N) is 1. The lowest BCUT2D eigenvalue weighted by molar-refractivity contribution is -0.112. The Bertz CT molecular complexity index is 1150. The smallest absolute Gasteiger partial charge is 0.266 e. The zero-order chi connectivity index (χ0) is 21.5. The van der Waals surface area contributed by atoms with Crippen LogP contribution in [0.25, 0.3) is 6.08 Å². The number of halogens is 2. The number of nitrogens with one attached hydrogen (secondary N) is 1. The number of hydrogen-bond donors (Lipinski definition) is 1. The van der Waals surface area contributed by atoms with Gasteiger partial charge in [0.05, 0.1) is 10.0 Å². The molecule has 0 saturated heterocycles. The van der Waals surface area contributed by atoms with Crippen molar-refractivity contribution in [2.45, 2.75) is 13.5 Å². The van der Waals surface area contributed by atoms with Crippen molar-refractivity contribution in [2.24, 2.45) is 0 Å². The number of nitriles is 1. The number of carbonyl (C=O) groups excluding carboxylic acids is 1. The van der Waals surface area contributed by atoms with Crippen LogP contribution in [0.2, 0.25) is 10.0 Å². The van der Waals surface area contributed by atoms with E-state index in [2.05, 4.69) is 5.32 Å². The molecule has 4 nitrogen and oxygen atoms in total. The van der Waals surface area contributed by atoms with Crippen LogP contribution in [0.15, 0.2) is 72.3 Å². The van der Waals surface area contributed by atoms with Crippen LogP contribution in [0.5, 0.6) is 5.75 Å². The number of carbonyl (C=O) groups is 1. The molecule has 30 heavy (non-hydrogen) atoms. The van der Waals surface area contributed by atoms with Gasteiger partial charge in [0.1, 0.15) is 24.0 Å². The molecule has 0 unspecified atom stereocenters. The van der Waals surface area contributed by atoms with E-state index in [1.807, 2.05) is 49.4 Å². The van der Waals surface area contributed by atoms with E-state index in [0.29, 0.717) is 27.0 Å². The third-order valence-electron chi connectivity index (χ3n) is 4.36. The maximum absolute atomic E-state index is 12.6. The Kier molecular flexibility index (Phi) is 7.13. The Hall–Kier alpha value is -3.26. The summed E-state index contributed by atoms with van der Waals surface area (Å²) in [6.45, 7) is 2.15. The second-order valence-electron chi connectivity index (χ2n) is 6.51. The molecule has 0 fully saturated rings. The number of para-hydroxylation sites is 2. The fraction of sp³-hybridized carbons (Fsp3) is 0.0833. The molecule has 3 rings (SSSR count). The molecule has 0 radical (unpaired) electrons. The fourth-order valence-corrected chi connectivity index (χ4v) is 3.05. The number of ether oxygens (including phenoxy) is 1. The monoisotopic (exact) mass is 436 g/mol. The standard InChI is InChI=1S/C24H18Cl2N2O2/c1-16-6-2-4-8-22(16)28-24(29)19(14-27)13-18-7-3-5-9-23(18)30-15-17-10-11-20(25)21(26)12-17/h2-13H,15H2,1H3,(H,28,29)/b19-13+. The molecule has 0 aliphatic carbocycles. The molecule has 0 aliphatic rings. The number of aryl methyl sites for hydroxylation is 1. The summed E-state index contributed by atoms with van der Waals surface area (Å²) in [5.74, 6) is 0.0612. The molecule has 0 aromatic heterocycles. The quantitative estimate of drug-likeness (QED) is 0.357. The predicted octanol–water partition coefficient (Wildman–Crippen LogP) is 6.43. The maximum atomic E-state index is 12.6. The van der Waals surface area contributed by atoms with Gasteiger partial charge in [-0.3, -0.25) is 4.79 Å². The van der Waals surface area contributed by atoms with Crippen molar-refractivity contribution < 1.29 is 9.53 Å². The Morgan fingerprint density at radius 2 is 1.80 bits per heavy atom. The maximum Gasteiger partial charge on any atom is 0.266 e. The van der Waals surface area contributed by atoms with Crippen LogP contribution in [-0.4, -0.2) is 5.91 Å². The second kappa shape index (κ2) is 9.98. The summed E-state index contributed by atoms with van der Waals surface area (Å²) in [7, 11) is 0. The van der Waals surface area contributed by atoms with Crippen LogP contribution in [-0.2, 0) is 11.4 Å². The average Bonchev–Trinajstić information content (AvgIpc) is 2.75. The van der Waals surface area contributed by atoms with Gasteiger partial charge in [-0.1, -0.05) is 65.7 Å². The number of hydrogen-bond acceptors (Lipinski definition) is 3. The molecule has 1 N–H and O–H groups in total. The predicted molar refractivity (Wildman–Crippen MR) is 121 cm³/mol. The Balaban J connectivity index is 1.79. The Morgan fingerprint density at radius 1 is 1.07 bits per heavy atom. The van der Waals surface area contributed by atoms with E-state index >= 15 is 0 Å². The first-order valence-electron chi connectivity index (χ1n) is 9.12. The van der Waals surface area contributed by atoms with Crippen molar-refractivity contribution in [1.29, 1.82) is 5.26 Å². The first-order valence-corrected chi connectivity index (χ1v) is 9.88. The molecule has 150 valence electrons. The van der Waals surface area contributed by atoms with Crippen molar-refractivity contribution >= 4 is 40.9 Å². The highest BCUT2D eigenvalue weighted by Crippen LogP contribution is 2.26. The van der Waals surface area contributed by atoms with Crippen molar-refractivity contribution in [2.75, 3.05) is 5.32 Å². The minimum atomic E-state index is -0.480.